The third kappa shape index (κ3) is 2.91. The highest BCUT2D eigenvalue weighted by Crippen LogP contribution is 2.39. The molecule has 1 N–H and O–H groups in total. The van der Waals surface area contributed by atoms with Gasteiger partial charge >= 0.3 is 0 Å². The number of piperidine rings is 1. The van der Waals surface area contributed by atoms with Crippen molar-refractivity contribution >= 4 is 15.9 Å². The lowest BCUT2D eigenvalue weighted by molar-refractivity contribution is -0.119. The second-order valence-corrected chi connectivity index (χ2v) is 8.89. The van der Waals surface area contributed by atoms with Crippen molar-refractivity contribution < 1.29 is 17.9 Å². The summed E-state index contributed by atoms with van der Waals surface area (Å²) in [6.45, 7) is 5.29. The monoisotopic (exact) mass is 352 g/mol. The third-order valence-electron chi connectivity index (χ3n) is 5.25. The van der Waals surface area contributed by atoms with Crippen molar-refractivity contribution in [3.63, 3.8) is 0 Å². The lowest BCUT2D eigenvalue weighted by Gasteiger charge is -2.37. The van der Waals surface area contributed by atoms with E-state index in [0.29, 0.717) is 31.0 Å². The summed E-state index contributed by atoms with van der Waals surface area (Å²) in [6, 6.07) is 3.35. The molecule has 1 aromatic carbocycles. The standard InChI is InChI=1S/C17H24N2O4S/c1-12-8-14(9-13(2)16(12)23-3)24(21,22)19-6-4-17(5-7-19)10-15(20)18-11-17/h8-9H,4-7,10-11H2,1-3H3,(H,18,20). The van der Waals surface area contributed by atoms with Gasteiger partial charge in [0.25, 0.3) is 0 Å². The molecule has 2 heterocycles. The molecule has 24 heavy (non-hydrogen) atoms. The number of nitrogens with zero attached hydrogens (tertiary/aromatic N) is 1. The van der Waals surface area contributed by atoms with Crippen LogP contribution in [0, 0.1) is 19.3 Å². The number of amides is 1. The normalized spacial score (nSPS) is 21.0. The van der Waals surface area contributed by atoms with Crippen LogP contribution in [0.25, 0.3) is 0 Å². The fourth-order valence-corrected chi connectivity index (χ4v) is 5.45. The Morgan fingerprint density at radius 2 is 1.75 bits per heavy atom. The molecule has 2 aliphatic rings. The molecule has 0 bridgehead atoms. The fourth-order valence-electron chi connectivity index (χ4n) is 3.84. The highest BCUT2D eigenvalue weighted by Gasteiger charge is 2.43. The minimum Gasteiger partial charge on any atom is -0.496 e. The van der Waals surface area contributed by atoms with E-state index < -0.39 is 10.0 Å². The maximum Gasteiger partial charge on any atom is 0.243 e. The van der Waals surface area contributed by atoms with Gasteiger partial charge in [-0.15, -0.1) is 0 Å². The molecule has 1 aromatic rings. The number of ether oxygens (including phenoxy) is 1. The Labute approximate surface area is 143 Å². The summed E-state index contributed by atoms with van der Waals surface area (Å²) in [5.74, 6) is 0.801. The van der Waals surface area contributed by atoms with Crippen LogP contribution < -0.4 is 10.1 Å². The summed E-state index contributed by atoms with van der Waals surface area (Å²) in [5.41, 5.74) is 1.57. The van der Waals surface area contributed by atoms with E-state index >= 15 is 0 Å². The van der Waals surface area contributed by atoms with Gasteiger partial charge in [-0.3, -0.25) is 4.79 Å². The van der Waals surface area contributed by atoms with Crippen LogP contribution >= 0.6 is 0 Å². The van der Waals surface area contributed by atoms with Gasteiger partial charge in [-0.2, -0.15) is 4.31 Å². The smallest absolute Gasteiger partial charge is 0.243 e. The number of benzene rings is 1. The van der Waals surface area contributed by atoms with Crippen LogP contribution in [-0.4, -0.2) is 45.4 Å². The highest BCUT2D eigenvalue weighted by atomic mass is 32.2. The van der Waals surface area contributed by atoms with Gasteiger partial charge in [0.05, 0.1) is 12.0 Å². The Morgan fingerprint density at radius 3 is 2.21 bits per heavy atom. The Morgan fingerprint density at radius 1 is 1.17 bits per heavy atom. The molecule has 2 aliphatic heterocycles. The minimum atomic E-state index is -3.52. The van der Waals surface area contributed by atoms with Crippen LogP contribution in [0.5, 0.6) is 5.75 Å². The number of carbonyl (C=O) groups excluding carboxylic acids is 1. The van der Waals surface area contributed by atoms with Gasteiger partial charge in [-0.25, -0.2) is 8.42 Å². The van der Waals surface area contributed by atoms with E-state index in [0.717, 1.165) is 29.7 Å². The van der Waals surface area contributed by atoms with E-state index in [2.05, 4.69) is 5.32 Å². The summed E-state index contributed by atoms with van der Waals surface area (Å²) in [5, 5.41) is 2.87. The van der Waals surface area contributed by atoms with Crippen molar-refractivity contribution in [3.8, 4) is 5.75 Å². The average molecular weight is 352 g/mol. The molecule has 6 nitrogen and oxygen atoms in total. The maximum atomic E-state index is 13.0. The minimum absolute atomic E-state index is 0.0607. The molecule has 132 valence electrons. The van der Waals surface area contributed by atoms with Crippen molar-refractivity contribution in [2.24, 2.45) is 5.41 Å². The number of methoxy groups -OCH3 is 1. The van der Waals surface area contributed by atoms with Crippen molar-refractivity contribution in [1.82, 2.24) is 9.62 Å². The molecular weight excluding hydrogens is 328 g/mol. The predicted octanol–water partition coefficient (Wildman–Crippen LogP) is 1.60. The van der Waals surface area contributed by atoms with Crippen molar-refractivity contribution in [2.75, 3.05) is 26.7 Å². The van der Waals surface area contributed by atoms with Crippen molar-refractivity contribution in [2.45, 2.75) is 38.0 Å². The average Bonchev–Trinajstić information content (AvgIpc) is 2.88. The van der Waals surface area contributed by atoms with Crippen LogP contribution in [0.4, 0.5) is 0 Å². The molecular formula is C17H24N2O4S. The van der Waals surface area contributed by atoms with Crippen LogP contribution in [0.1, 0.15) is 30.4 Å². The van der Waals surface area contributed by atoms with Gasteiger partial charge in [-0.05, 0) is 55.4 Å². The number of nitrogens with one attached hydrogen (secondary N) is 1. The first-order valence-electron chi connectivity index (χ1n) is 8.20. The number of hydrogen-bond donors (Lipinski definition) is 1. The number of aryl methyl sites for hydroxylation is 2. The molecule has 2 fully saturated rings. The molecule has 1 spiro atoms. The summed E-state index contributed by atoms with van der Waals surface area (Å²) >= 11 is 0. The summed E-state index contributed by atoms with van der Waals surface area (Å²) in [7, 11) is -1.93. The van der Waals surface area contributed by atoms with Gasteiger partial charge in [-0.1, -0.05) is 0 Å². The number of carbonyl (C=O) groups is 1. The van der Waals surface area contributed by atoms with Gasteiger partial charge in [0.1, 0.15) is 5.75 Å². The van der Waals surface area contributed by atoms with Crippen LogP contribution in [0.3, 0.4) is 0 Å². The zero-order chi connectivity index (χ0) is 17.5. The highest BCUT2D eigenvalue weighted by molar-refractivity contribution is 7.89. The van der Waals surface area contributed by atoms with Gasteiger partial charge in [0.2, 0.25) is 15.9 Å². The topological polar surface area (TPSA) is 75.7 Å². The molecule has 7 heteroatoms. The Bertz CT molecular complexity index is 742. The van der Waals surface area contributed by atoms with Crippen LogP contribution in [-0.2, 0) is 14.8 Å². The van der Waals surface area contributed by atoms with E-state index in [1.54, 1.807) is 23.5 Å². The zero-order valence-corrected chi connectivity index (χ0v) is 15.2. The summed E-state index contributed by atoms with van der Waals surface area (Å²) in [6.07, 6.45) is 1.96. The van der Waals surface area contributed by atoms with Crippen molar-refractivity contribution in [3.05, 3.63) is 23.3 Å². The number of sulfonamides is 1. The Kier molecular flexibility index (Phi) is 4.34. The second kappa shape index (κ2) is 6.04. The first kappa shape index (κ1) is 17.2. The first-order valence-corrected chi connectivity index (χ1v) is 9.64. The maximum absolute atomic E-state index is 13.0. The van der Waals surface area contributed by atoms with Crippen LogP contribution in [0.15, 0.2) is 17.0 Å². The molecule has 0 atom stereocenters. The Hall–Kier alpha value is -1.60. The van der Waals surface area contributed by atoms with E-state index in [4.69, 9.17) is 4.74 Å². The molecule has 2 saturated heterocycles. The Balaban J connectivity index is 1.81. The van der Waals surface area contributed by atoms with Crippen molar-refractivity contribution in [1.29, 1.82) is 0 Å². The van der Waals surface area contributed by atoms with Gasteiger partial charge < -0.3 is 10.1 Å². The molecule has 0 unspecified atom stereocenters. The summed E-state index contributed by atoms with van der Waals surface area (Å²) < 4.78 is 32.8. The number of rotatable bonds is 3. The largest absolute Gasteiger partial charge is 0.496 e. The third-order valence-corrected chi connectivity index (χ3v) is 7.13. The van der Waals surface area contributed by atoms with Gasteiger partial charge in [0.15, 0.2) is 0 Å². The molecule has 0 aromatic heterocycles. The SMILES string of the molecule is COc1c(C)cc(S(=O)(=O)N2CCC3(CC2)CNC(=O)C3)cc1C. The van der Waals surface area contributed by atoms with Crippen LogP contribution in [0.2, 0.25) is 0 Å². The zero-order valence-electron chi connectivity index (χ0n) is 14.4. The lowest BCUT2D eigenvalue weighted by atomic mass is 9.78. The van der Waals surface area contributed by atoms with Gasteiger partial charge in [0, 0.05) is 26.1 Å². The van der Waals surface area contributed by atoms with E-state index in [1.165, 1.54) is 0 Å². The second-order valence-electron chi connectivity index (χ2n) is 6.95. The first-order chi connectivity index (χ1) is 11.3. The van der Waals surface area contributed by atoms with E-state index in [-0.39, 0.29) is 11.3 Å². The predicted molar refractivity (Wildman–Crippen MR) is 90.5 cm³/mol. The molecule has 1 amide bonds. The molecule has 0 radical (unpaired) electrons. The fraction of sp³-hybridized carbons (Fsp3) is 0.588. The quantitative estimate of drug-likeness (QED) is 0.897. The molecule has 0 saturated carbocycles. The lowest BCUT2D eigenvalue weighted by Crippen LogP contribution is -2.43. The number of hydrogen-bond acceptors (Lipinski definition) is 4. The molecule has 3 rings (SSSR count). The van der Waals surface area contributed by atoms with E-state index in [9.17, 15) is 13.2 Å². The van der Waals surface area contributed by atoms with E-state index in [1.807, 2.05) is 13.8 Å². The molecule has 0 aliphatic carbocycles. The summed E-state index contributed by atoms with van der Waals surface area (Å²) in [4.78, 5) is 11.8.